The molecule has 0 heterocycles. The van der Waals surface area contributed by atoms with Crippen LogP contribution in [0.5, 0.6) is 0 Å². The Morgan fingerprint density at radius 3 is 1.71 bits per heavy atom. The summed E-state index contributed by atoms with van der Waals surface area (Å²) in [5.41, 5.74) is 0. The fraction of sp³-hybridized carbons (Fsp3) is 0.857. The van der Waals surface area contributed by atoms with E-state index in [-0.39, 0.29) is 48.6 Å². The van der Waals surface area contributed by atoms with Gasteiger partial charge in [-0.05, 0) is 0 Å². The fourth-order valence-corrected chi connectivity index (χ4v) is 0.300. The molecule has 0 radical (unpaired) electrons. The van der Waals surface area contributed by atoms with Crippen LogP contribution in [-0.2, 0) is 4.79 Å². The quantitative estimate of drug-likeness (QED) is 0.310. The summed E-state index contributed by atoms with van der Waals surface area (Å²) in [5.74, 6) is -1.65. The summed E-state index contributed by atoms with van der Waals surface area (Å²) < 4.78 is 0.844. The minimum Gasteiger partial charge on any atom is -1.00 e. The maximum absolute atomic E-state index is 9.12. The van der Waals surface area contributed by atoms with Crippen LogP contribution in [0.3, 0.4) is 0 Å². The van der Waals surface area contributed by atoms with Crippen molar-refractivity contribution in [2.45, 2.75) is 0 Å². The average Bonchev–Trinajstić information content (AvgIpc) is 1.86. The molecule has 0 aromatic rings. The van der Waals surface area contributed by atoms with Crippen LogP contribution in [0.25, 0.3) is 0 Å². The minimum atomic E-state index is -1.23. The molecule has 0 bridgehead atoms. The Bertz CT molecular complexity index is 131. The zero-order chi connectivity index (χ0) is 10.2. The Balaban J connectivity index is -0.0000000651. The number of halogens is 2. The Hall–Kier alpha value is 0.970. The van der Waals surface area contributed by atoms with Crippen LogP contribution >= 0.6 is 11.6 Å². The molecule has 0 saturated carbocycles. The van der Waals surface area contributed by atoms with Crippen molar-refractivity contribution in [3.63, 3.8) is 0 Å². The van der Waals surface area contributed by atoms with Gasteiger partial charge in [0.1, 0.15) is 6.54 Å². The third-order valence-electron chi connectivity index (χ3n) is 0.880. The van der Waals surface area contributed by atoms with Gasteiger partial charge in [-0.2, -0.15) is 0 Å². The molecule has 0 atom stereocenters. The van der Waals surface area contributed by atoms with Gasteiger partial charge in [0.2, 0.25) is 0 Å². The first kappa shape index (κ1) is 24.3. The van der Waals surface area contributed by atoms with Gasteiger partial charge in [-0.3, -0.25) is 0 Å². The zero-order valence-corrected chi connectivity index (χ0v) is 12.6. The zero-order valence-electron chi connectivity index (χ0n) is 9.09. The molecule has 7 heteroatoms. The normalized spacial score (nSPS) is 8.64. The predicted octanol–water partition coefficient (Wildman–Crippen LogP) is -7.33. The van der Waals surface area contributed by atoms with Crippen LogP contribution in [0.4, 0.5) is 0 Å². The number of carboxylic acid groups (broad SMARTS) is 1. The summed E-state index contributed by atoms with van der Waals surface area (Å²) in [4.78, 5) is 9.12. The minimum absolute atomic E-state index is 0. The molecule has 0 aromatic carbocycles. The van der Waals surface area contributed by atoms with Crippen molar-refractivity contribution in [3.8, 4) is 0 Å². The monoisotopic (exact) mass is 255 g/mol. The molecule has 0 aromatic heterocycles. The van der Waals surface area contributed by atoms with Gasteiger partial charge in [0.05, 0.1) is 39.6 Å². The third-order valence-corrected chi connectivity index (χ3v) is 1.10. The largest absolute Gasteiger partial charge is 1.00 e. The van der Waals surface area contributed by atoms with Crippen molar-refractivity contribution in [2.24, 2.45) is 0 Å². The molecule has 14 heavy (non-hydrogen) atoms. The molecule has 0 amide bonds. The Morgan fingerprint density at radius 1 is 1.43 bits per heavy atom. The van der Waals surface area contributed by atoms with Crippen LogP contribution in [0, 0.1) is 0 Å². The van der Waals surface area contributed by atoms with E-state index in [2.05, 4.69) is 32.7 Å². The fourth-order valence-electron chi connectivity index (χ4n) is 0.300. The van der Waals surface area contributed by atoms with E-state index in [1.807, 2.05) is 0 Å². The van der Waals surface area contributed by atoms with Crippen LogP contribution in [0.15, 0.2) is 0 Å². The molecule has 0 aliphatic carbocycles. The number of quaternary nitrogens is 1. The Kier molecular flexibility index (Phi) is 24.2. The summed E-state index contributed by atoms with van der Waals surface area (Å²) in [7, 11) is 6.16. The molecule has 0 aliphatic rings. The number of carbonyl (C=O) groups is 1. The van der Waals surface area contributed by atoms with E-state index in [0.717, 1.165) is 11.0 Å². The third kappa shape index (κ3) is 38.3. The van der Waals surface area contributed by atoms with Gasteiger partial charge in [0, 0.05) is 0 Å². The maximum atomic E-state index is 9.12. The molecule has 0 unspecified atom stereocenters. The molecule has 82 valence electrons. The first-order valence-electron chi connectivity index (χ1n) is 3.50. The number of carbonyl (C=O) groups excluding carboxylic acids is 1. The average molecular weight is 256 g/mol. The number of rotatable bonds is 3. The van der Waals surface area contributed by atoms with Crippen molar-refractivity contribution in [1.82, 2.24) is 0 Å². The summed E-state index contributed by atoms with van der Waals surface area (Å²) in [5, 5.41) is 17.5. The van der Waals surface area contributed by atoms with Crippen molar-refractivity contribution < 1.29 is 61.5 Å². The van der Waals surface area contributed by atoms with Gasteiger partial charge in [-0.25, -0.2) is 0 Å². The molecular weight excluding hydrogens is 240 g/mol. The first-order chi connectivity index (χ1) is 5.33. The first-order valence-corrected chi connectivity index (χ1v) is 4.04. The number of aliphatic carboxylic acids is 1. The van der Waals surface area contributed by atoms with E-state index in [0.29, 0.717) is 0 Å². The molecule has 0 saturated heterocycles. The van der Waals surface area contributed by atoms with Gasteiger partial charge in [-0.15, -0.1) is 11.6 Å². The van der Waals surface area contributed by atoms with Crippen LogP contribution in [-0.4, -0.2) is 55.7 Å². The summed E-state index contributed by atoms with van der Waals surface area (Å²) in [6.07, 6.45) is 0. The second-order valence-corrected chi connectivity index (χ2v) is 3.51. The molecule has 0 aliphatic heterocycles. The van der Waals surface area contributed by atoms with Gasteiger partial charge in [0.25, 0.3) is 0 Å². The van der Waals surface area contributed by atoms with E-state index in [9.17, 15) is 0 Å². The van der Waals surface area contributed by atoms with Gasteiger partial charge < -0.3 is 31.9 Å². The number of hydrogen-bond acceptors (Lipinski definition) is 3. The number of aliphatic hydroxyl groups is 1. The standard InChI is InChI=1S/C5H14NO.C2H3ClO2.ClH.Na/c1-6(2,3)4-5-7;3-1-2(4)5;;/h7H,4-5H2,1-3H3;1H2,(H,4,5);1H;/q+1;;;+1/p-2. The van der Waals surface area contributed by atoms with Crippen molar-refractivity contribution in [2.75, 3.05) is 40.2 Å². The molecule has 1 N–H and O–H groups in total. The van der Waals surface area contributed by atoms with E-state index in [1.54, 1.807) is 0 Å². The number of carboxylic acids is 1. The van der Waals surface area contributed by atoms with Crippen molar-refractivity contribution in [1.29, 1.82) is 0 Å². The number of nitrogens with zero attached hydrogens (tertiary/aromatic N) is 1. The number of aliphatic hydroxyl groups excluding tert-OH is 1. The molecule has 4 nitrogen and oxygen atoms in total. The second kappa shape index (κ2) is 14.0. The molecule has 0 fully saturated rings. The van der Waals surface area contributed by atoms with Crippen molar-refractivity contribution in [3.05, 3.63) is 0 Å². The molecular formula is C7H16Cl2NNaO3. The summed E-state index contributed by atoms with van der Waals surface area (Å²) in [6.45, 7) is 1.11. The Labute approximate surface area is 119 Å². The molecule has 0 spiro atoms. The number of hydrogen-bond donors (Lipinski definition) is 1. The van der Waals surface area contributed by atoms with Gasteiger partial charge >= 0.3 is 29.6 Å². The molecule has 0 rings (SSSR count). The maximum Gasteiger partial charge on any atom is 1.00 e. The van der Waals surface area contributed by atoms with Gasteiger partial charge in [-0.1, -0.05) is 0 Å². The van der Waals surface area contributed by atoms with E-state index < -0.39 is 11.8 Å². The van der Waals surface area contributed by atoms with Crippen LogP contribution in [0.2, 0.25) is 0 Å². The summed E-state index contributed by atoms with van der Waals surface area (Å²) in [6, 6.07) is 0. The van der Waals surface area contributed by atoms with Crippen molar-refractivity contribution >= 4 is 17.6 Å². The SMILES string of the molecule is C[N+](C)(C)CCO.O=C([O-])CCl.[Cl-].[Na+]. The van der Waals surface area contributed by atoms with E-state index in [1.165, 1.54) is 0 Å². The van der Waals surface area contributed by atoms with E-state index >= 15 is 0 Å². The second-order valence-electron chi connectivity index (χ2n) is 3.24. The summed E-state index contributed by atoms with van der Waals surface area (Å²) >= 11 is 4.67. The van der Waals surface area contributed by atoms with Crippen LogP contribution < -0.4 is 47.1 Å². The predicted molar refractivity (Wildman–Crippen MR) is 45.7 cm³/mol. The number of likely N-dealkylation sites (N-methyl/N-ethyl adjacent to an activating group) is 1. The van der Waals surface area contributed by atoms with Crippen LogP contribution in [0.1, 0.15) is 0 Å². The van der Waals surface area contributed by atoms with Gasteiger partial charge in [0.15, 0.2) is 0 Å². The smallest absolute Gasteiger partial charge is 1.00 e. The van der Waals surface area contributed by atoms with E-state index in [4.69, 9.17) is 15.0 Å². The Morgan fingerprint density at radius 2 is 1.71 bits per heavy atom. The number of alkyl halides is 1. The topological polar surface area (TPSA) is 60.4 Å².